The van der Waals surface area contributed by atoms with Gasteiger partial charge in [0.2, 0.25) is 0 Å². The summed E-state index contributed by atoms with van der Waals surface area (Å²) in [6.07, 6.45) is 1.75. The predicted molar refractivity (Wildman–Crippen MR) is 72.6 cm³/mol. The lowest BCUT2D eigenvalue weighted by Crippen LogP contribution is -2.16. The standard InChI is InChI=1S/C15H18N2O/c1-10-14(15(2,3)4)17-13(9-16-10)11-6-5-7-12(18)8-11/h5-9,18H,1-4H3. The molecule has 3 nitrogen and oxygen atoms in total. The topological polar surface area (TPSA) is 46.0 Å². The maximum absolute atomic E-state index is 9.51. The molecule has 0 saturated heterocycles. The maximum Gasteiger partial charge on any atom is 0.116 e. The van der Waals surface area contributed by atoms with Crippen molar-refractivity contribution in [3.63, 3.8) is 0 Å². The van der Waals surface area contributed by atoms with Crippen molar-refractivity contribution in [1.29, 1.82) is 0 Å². The molecule has 0 aliphatic rings. The lowest BCUT2D eigenvalue weighted by Gasteiger charge is -2.20. The molecule has 0 saturated carbocycles. The van der Waals surface area contributed by atoms with Gasteiger partial charge in [-0.15, -0.1) is 0 Å². The number of rotatable bonds is 1. The Bertz CT molecular complexity index is 571. The Labute approximate surface area is 108 Å². The van der Waals surface area contributed by atoms with Crippen molar-refractivity contribution in [2.45, 2.75) is 33.1 Å². The minimum Gasteiger partial charge on any atom is -0.508 e. The zero-order valence-electron chi connectivity index (χ0n) is 11.2. The number of hydrogen-bond acceptors (Lipinski definition) is 3. The molecule has 0 spiro atoms. The molecule has 2 rings (SSSR count). The summed E-state index contributed by atoms with van der Waals surface area (Å²) in [4.78, 5) is 9.09. The third-order valence-corrected chi connectivity index (χ3v) is 2.81. The summed E-state index contributed by atoms with van der Waals surface area (Å²) in [5.74, 6) is 0.243. The number of phenols is 1. The second-order valence-corrected chi connectivity index (χ2v) is 5.49. The van der Waals surface area contributed by atoms with Crippen molar-refractivity contribution in [1.82, 2.24) is 9.97 Å². The van der Waals surface area contributed by atoms with Crippen molar-refractivity contribution in [3.05, 3.63) is 41.9 Å². The molecular weight excluding hydrogens is 224 g/mol. The molecule has 3 heteroatoms. The van der Waals surface area contributed by atoms with Gasteiger partial charge in [-0.3, -0.25) is 4.98 Å². The lowest BCUT2D eigenvalue weighted by molar-refractivity contribution is 0.475. The van der Waals surface area contributed by atoms with E-state index in [-0.39, 0.29) is 11.2 Å². The van der Waals surface area contributed by atoms with Crippen LogP contribution in [0.2, 0.25) is 0 Å². The van der Waals surface area contributed by atoms with Gasteiger partial charge in [0.25, 0.3) is 0 Å². The first-order valence-electron chi connectivity index (χ1n) is 6.01. The van der Waals surface area contributed by atoms with Gasteiger partial charge >= 0.3 is 0 Å². The fourth-order valence-electron chi connectivity index (χ4n) is 1.96. The highest BCUT2D eigenvalue weighted by molar-refractivity contribution is 5.60. The molecule has 0 aliphatic carbocycles. The maximum atomic E-state index is 9.51. The van der Waals surface area contributed by atoms with E-state index in [1.165, 1.54) is 0 Å². The molecule has 1 aromatic carbocycles. The van der Waals surface area contributed by atoms with Crippen LogP contribution in [-0.4, -0.2) is 15.1 Å². The molecule has 1 aromatic heterocycles. The molecule has 0 bridgehead atoms. The van der Waals surface area contributed by atoms with Crippen LogP contribution in [0.15, 0.2) is 30.5 Å². The molecule has 0 fully saturated rings. The Morgan fingerprint density at radius 1 is 1.17 bits per heavy atom. The van der Waals surface area contributed by atoms with E-state index in [0.29, 0.717) is 0 Å². The number of hydrogen-bond donors (Lipinski definition) is 1. The Morgan fingerprint density at radius 2 is 1.89 bits per heavy atom. The summed E-state index contributed by atoms with van der Waals surface area (Å²) in [7, 11) is 0. The number of aromatic nitrogens is 2. The number of aromatic hydroxyl groups is 1. The van der Waals surface area contributed by atoms with Gasteiger partial charge in [-0.25, -0.2) is 4.98 Å². The van der Waals surface area contributed by atoms with E-state index in [9.17, 15) is 5.11 Å². The third-order valence-electron chi connectivity index (χ3n) is 2.81. The average molecular weight is 242 g/mol. The quantitative estimate of drug-likeness (QED) is 0.833. The Kier molecular flexibility index (Phi) is 3.07. The Morgan fingerprint density at radius 3 is 2.50 bits per heavy atom. The lowest BCUT2D eigenvalue weighted by atomic mass is 9.90. The van der Waals surface area contributed by atoms with Gasteiger partial charge in [-0.05, 0) is 19.1 Å². The molecule has 0 unspecified atom stereocenters. The molecule has 1 heterocycles. The number of phenolic OH excluding ortho intramolecular Hbond substituents is 1. The van der Waals surface area contributed by atoms with Crippen LogP contribution in [0.5, 0.6) is 5.75 Å². The average Bonchev–Trinajstić information content (AvgIpc) is 2.28. The molecular formula is C15H18N2O. The molecule has 94 valence electrons. The SMILES string of the molecule is Cc1ncc(-c2cccc(O)c2)nc1C(C)(C)C. The fourth-order valence-corrected chi connectivity index (χ4v) is 1.96. The molecule has 0 aliphatic heterocycles. The van der Waals surface area contributed by atoms with Crippen LogP contribution in [0.3, 0.4) is 0 Å². The van der Waals surface area contributed by atoms with Crippen LogP contribution >= 0.6 is 0 Å². The van der Waals surface area contributed by atoms with Gasteiger partial charge in [0.1, 0.15) is 5.75 Å². The minimum absolute atomic E-state index is 0.0378. The first-order valence-corrected chi connectivity index (χ1v) is 6.01. The van der Waals surface area contributed by atoms with Crippen LogP contribution in [-0.2, 0) is 5.41 Å². The molecule has 2 aromatic rings. The van der Waals surface area contributed by atoms with Crippen LogP contribution < -0.4 is 0 Å². The fraction of sp³-hybridized carbons (Fsp3) is 0.333. The van der Waals surface area contributed by atoms with Gasteiger partial charge in [0.05, 0.1) is 23.3 Å². The molecule has 18 heavy (non-hydrogen) atoms. The summed E-state index contributed by atoms with van der Waals surface area (Å²) in [5, 5.41) is 9.51. The van der Waals surface area contributed by atoms with Crippen molar-refractivity contribution < 1.29 is 5.11 Å². The van der Waals surface area contributed by atoms with Crippen LogP contribution in [0, 0.1) is 6.92 Å². The normalized spacial score (nSPS) is 11.6. The van der Waals surface area contributed by atoms with E-state index in [4.69, 9.17) is 0 Å². The van der Waals surface area contributed by atoms with Crippen LogP contribution in [0.25, 0.3) is 11.3 Å². The molecule has 0 radical (unpaired) electrons. The monoisotopic (exact) mass is 242 g/mol. The van der Waals surface area contributed by atoms with E-state index in [2.05, 4.69) is 30.7 Å². The highest BCUT2D eigenvalue weighted by Gasteiger charge is 2.19. The summed E-state index contributed by atoms with van der Waals surface area (Å²) < 4.78 is 0. The van der Waals surface area contributed by atoms with E-state index >= 15 is 0 Å². The van der Waals surface area contributed by atoms with Gasteiger partial charge in [0.15, 0.2) is 0 Å². The van der Waals surface area contributed by atoms with E-state index in [0.717, 1.165) is 22.6 Å². The highest BCUT2D eigenvalue weighted by atomic mass is 16.3. The van der Waals surface area contributed by atoms with Gasteiger partial charge in [-0.2, -0.15) is 0 Å². The Hall–Kier alpha value is -1.90. The summed E-state index contributed by atoms with van der Waals surface area (Å²) in [6, 6.07) is 7.08. The molecule has 1 N–H and O–H groups in total. The van der Waals surface area contributed by atoms with Gasteiger partial charge in [-0.1, -0.05) is 32.9 Å². The number of nitrogens with zero attached hydrogens (tertiary/aromatic N) is 2. The minimum atomic E-state index is -0.0378. The third kappa shape index (κ3) is 2.50. The number of benzene rings is 1. The van der Waals surface area contributed by atoms with Gasteiger partial charge in [0, 0.05) is 11.0 Å². The predicted octanol–water partition coefficient (Wildman–Crippen LogP) is 3.46. The first-order chi connectivity index (χ1) is 8.38. The second kappa shape index (κ2) is 4.41. The number of aryl methyl sites for hydroxylation is 1. The first kappa shape index (κ1) is 12.6. The Balaban J connectivity index is 2.54. The highest BCUT2D eigenvalue weighted by Crippen LogP contribution is 2.26. The molecule has 0 amide bonds. The van der Waals surface area contributed by atoms with E-state index < -0.39 is 0 Å². The van der Waals surface area contributed by atoms with Crippen LogP contribution in [0.4, 0.5) is 0 Å². The second-order valence-electron chi connectivity index (χ2n) is 5.49. The van der Waals surface area contributed by atoms with Crippen molar-refractivity contribution in [2.75, 3.05) is 0 Å². The van der Waals surface area contributed by atoms with Gasteiger partial charge < -0.3 is 5.11 Å². The van der Waals surface area contributed by atoms with Crippen molar-refractivity contribution in [2.24, 2.45) is 0 Å². The zero-order chi connectivity index (χ0) is 13.3. The van der Waals surface area contributed by atoms with E-state index in [1.807, 2.05) is 19.1 Å². The summed E-state index contributed by atoms with van der Waals surface area (Å²) in [5.41, 5.74) is 3.58. The summed E-state index contributed by atoms with van der Waals surface area (Å²) >= 11 is 0. The van der Waals surface area contributed by atoms with Crippen molar-refractivity contribution in [3.8, 4) is 17.0 Å². The zero-order valence-corrected chi connectivity index (χ0v) is 11.2. The smallest absolute Gasteiger partial charge is 0.116 e. The largest absolute Gasteiger partial charge is 0.508 e. The summed E-state index contributed by atoms with van der Waals surface area (Å²) in [6.45, 7) is 8.34. The molecule has 0 atom stereocenters. The van der Waals surface area contributed by atoms with Crippen molar-refractivity contribution >= 4 is 0 Å². The van der Waals surface area contributed by atoms with Crippen LogP contribution in [0.1, 0.15) is 32.2 Å². The van der Waals surface area contributed by atoms with E-state index in [1.54, 1.807) is 18.3 Å².